The lowest BCUT2D eigenvalue weighted by Crippen LogP contribution is -2.30. The van der Waals surface area contributed by atoms with Gasteiger partial charge in [-0.15, -0.1) is 0 Å². The Morgan fingerprint density at radius 2 is 1.72 bits per heavy atom. The highest BCUT2D eigenvalue weighted by Gasteiger charge is 2.20. The molecule has 0 saturated carbocycles. The summed E-state index contributed by atoms with van der Waals surface area (Å²) in [6, 6.07) is 11.5. The number of ketones is 1. The van der Waals surface area contributed by atoms with Gasteiger partial charge in [-0.2, -0.15) is 0 Å². The van der Waals surface area contributed by atoms with Gasteiger partial charge in [0.15, 0.2) is 5.78 Å². The first-order chi connectivity index (χ1) is 13.9. The quantitative estimate of drug-likeness (QED) is 0.611. The number of aromatic hydroxyl groups is 1. The van der Waals surface area contributed by atoms with E-state index < -0.39 is 17.1 Å². The largest absolute Gasteiger partial charge is 0.494 e. The van der Waals surface area contributed by atoms with Crippen LogP contribution in [0.15, 0.2) is 58.1 Å². The number of H-pyrrole nitrogens is 1. The van der Waals surface area contributed by atoms with Crippen molar-refractivity contribution in [3.8, 4) is 11.6 Å². The van der Waals surface area contributed by atoms with Gasteiger partial charge in [0.1, 0.15) is 5.56 Å². The molecule has 6 nitrogen and oxygen atoms in total. The minimum absolute atomic E-state index is 0.170. The maximum absolute atomic E-state index is 12.4. The van der Waals surface area contributed by atoms with E-state index in [1.165, 1.54) is 30.4 Å². The molecule has 144 valence electrons. The van der Waals surface area contributed by atoms with Gasteiger partial charge in [-0.1, -0.05) is 53.5 Å². The lowest BCUT2D eigenvalue weighted by atomic mass is 9.90. The number of nitrogens with one attached hydrogen (secondary N) is 1. The fourth-order valence-electron chi connectivity index (χ4n) is 3.10. The van der Waals surface area contributed by atoms with E-state index in [9.17, 15) is 19.5 Å². The number of carbonyl (C=O) groups is 1. The van der Waals surface area contributed by atoms with Gasteiger partial charge in [-0.25, -0.2) is 9.36 Å². The number of fused-ring (bicyclic) bond motifs is 1. The summed E-state index contributed by atoms with van der Waals surface area (Å²) in [6.07, 6.45) is 4.33. The Morgan fingerprint density at radius 1 is 0.966 bits per heavy atom. The normalized spacial score (nSPS) is 14.3. The molecule has 0 bridgehead atoms. The van der Waals surface area contributed by atoms with Crippen molar-refractivity contribution in [3.63, 3.8) is 0 Å². The smallest absolute Gasteiger partial charge is 0.335 e. The van der Waals surface area contributed by atoms with Crippen molar-refractivity contribution in [2.75, 3.05) is 0 Å². The van der Waals surface area contributed by atoms with Gasteiger partial charge < -0.3 is 5.11 Å². The maximum Gasteiger partial charge on any atom is 0.335 e. The summed E-state index contributed by atoms with van der Waals surface area (Å²) < 4.78 is 0.880. The van der Waals surface area contributed by atoms with Crippen LogP contribution in [0.2, 0.25) is 10.0 Å². The van der Waals surface area contributed by atoms with Gasteiger partial charge in [-0.3, -0.25) is 14.6 Å². The monoisotopic (exact) mass is 426 g/mol. The van der Waals surface area contributed by atoms with Crippen LogP contribution in [-0.2, 0) is 4.79 Å². The number of aromatic nitrogens is 2. The Morgan fingerprint density at radius 3 is 2.48 bits per heavy atom. The number of halogens is 2. The molecular weight excluding hydrogens is 415 g/mol. The fraction of sp³-hybridized carbons (Fsp3) is 0. The number of allylic oxidation sites excluding steroid dienone is 2. The zero-order chi connectivity index (χ0) is 20.7. The SMILES string of the molecule is O=C1C=Cc2ccccc2C1=Cc1c(O)n(-c2ccc(Cl)c(Cl)c2)c(=O)[nH]c1=O. The van der Waals surface area contributed by atoms with Gasteiger partial charge in [-0.05, 0) is 41.5 Å². The van der Waals surface area contributed by atoms with Crippen LogP contribution in [0.5, 0.6) is 5.88 Å². The first kappa shape index (κ1) is 19.0. The Bertz CT molecular complexity index is 1350. The Hall–Kier alpha value is -3.35. The van der Waals surface area contributed by atoms with Gasteiger partial charge in [0, 0.05) is 5.57 Å². The summed E-state index contributed by atoms with van der Waals surface area (Å²) in [5.41, 5.74) is -0.0713. The molecule has 1 aromatic heterocycles. The van der Waals surface area contributed by atoms with Gasteiger partial charge >= 0.3 is 5.69 Å². The van der Waals surface area contributed by atoms with E-state index in [-0.39, 0.29) is 32.7 Å². The molecule has 0 aliphatic heterocycles. The standard InChI is InChI=1S/C21H12Cl2N2O4/c22-16-7-6-12(9-17(16)23)25-20(28)15(19(27)24-21(25)29)10-14-13-4-2-1-3-11(13)5-8-18(14)26/h1-10,28H,(H,24,27,29). The second-order valence-corrected chi connectivity index (χ2v) is 7.09. The molecule has 1 heterocycles. The van der Waals surface area contributed by atoms with Crippen LogP contribution >= 0.6 is 23.2 Å². The van der Waals surface area contributed by atoms with E-state index in [0.29, 0.717) is 5.56 Å². The summed E-state index contributed by atoms with van der Waals surface area (Å²) in [6.45, 7) is 0. The van der Waals surface area contributed by atoms with Crippen LogP contribution < -0.4 is 11.2 Å². The minimum Gasteiger partial charge on any atom is -0.494 e. The summed E-state index contributed by atoms with van der Waals surface area (Å²) in [4.78, 5) is 39.3. The molecule has 3 aromatic rings. The Labute approximate surface area is 174 Å². The molecule has 0 amide bonds. The molecule has 4 rings (SSSR count). The zero-order valence-electron chi connectivity index (χ0n) is 14.6. The molecule has 0 radical (unpaired) electrons. The van der Waals surface area contributed by atoms with Crippen LogP contribution in [0.4, 0.5) is 0 Å². The number of hydrogen-bond donors (Lipinski definition) is 2. The molecule has 2 N–H and O–H groups in total. The van der Waals surface area contributed by atoms with Crippen LogP contribution in [0.1, 0.15) is 16.7 Å². The molecule has 1 aliphatic carbocycles. The molecule has 0 saturated heterocycles. The highest BCUT2D eigenvalue weighted by atomic mass is 35.5. The molecule has 8 heteroatoms. The second kappa shape index (κ2) is 7.24. The Balaban J connectivity index is 1.96. The predicted octanol–water partition coefficient (Wildman–Crippen LogP) is 3.67. The van der Waals surface area contributed by atoms with E-state index in [4.69, 9.17) is 23.2 Å². The van der Waals surface area contributed by atoms with Gasteiger partial charge in [0.25, 0.3) is 5.56 Å². The first-order valence-electron chi connectivity index (χ1n) is 8.44. The summed E-state index contributed by atoms with van der Waals surface area (Å²) >= 11 is 11.9. The molecule has 0 atom stereocenters. The minimum atomic E-state index is -0.858. The van der Waals surface area contributed by atoms with Crippen molar-refractivity contribution in [1.82, 2.24) is 9.55 Å². The third-order valence-corrected chi connectivity index (χ3v) is 5.24. The lowest BCUT2D eigenvalue weighted by molar-refractivity contribution is -0.109. The number of nitrogens with zero attached hydrogens (tertiary/aromatic N) is 1. The van der Waals surface area contributed by atoms with Gasteiger partial charge in [0.05, 0.1) is 15.7 Å². The average Bonchev–Trinajstić information content (AvgIpc) is 2.69. The molecule has 1 aliphatic rings. The van der Waals surface area contributed by atoms with E-state index in [1.54, 1.807) is 18.2 Å². The molecular formula is C21H12Cl2N2O4. The second-order valence-electron chi connectivity index (χ2n) is 6.27. The molecule has 29 heavy (non-hydrogen) atoms. The van der Waals surface area contributed by atoms with E-state index in [1.807, 2.05) is 12.1 Å². The third-order valence-electron chi connectivity index (χ3n) is 4.50. The van der Waals surface area contributed by atoms with Crippen molar-refractivity contribution in [2.24, 2.45) is 0 Å². The number of benzene rings is 2. The fourth-order valence-corrected chi connectivity index (χ4v) is 3.39. The first-order valence-corrected chi connectivity index (χ1v) is 9.19. The summed E-state index contributed by atoms with van der Waals surface area (Å²) in [5, 5.41) is 11.2. The average molecular weight is 427 g/mol. The zero-order valence-corrected chi connectivity index (χ0v) is 16.2. The van der Waals surface area contributed by atoms with Crippen molar-refractivity contribution in [2.45, 2.75) is 0 Å². The highest BCUT2D eigenvalue weighted by molar-refractivity contribution is 6.42. The predicted molar refractivity (Wildman–Crippen MR) is 113 cm³/mol. The van der Waals surface area contributed by atoms with Crippen LogP contribution in [0.3, 0.4) is 0 Å². The molecule has 0 unspecified atom stereocenters. The molecule has 0 fully saturated rings. The number of hydrogen-bond acceptors (Lipinski definition) is 4. The van der Waals surface area contributed by atoms with Crippen LogP contribution in [0, 0.1) is 0 Å². The summed E-state index contributed by atoms with van der Waals surface area (Å²) in [5.74, 6) is -0.945. The van der Waals surface area contributed by atoms with Crippen molar-refractivity contribution >= 4 is 46.7 Å². The van der Waals surface area contributed by atoms with Crippen LogP contribution in [0.25, 0.3) is 23.4 Å². The number of rotatable bonds is 2. The van der Waals surface area contributed by atoms with Crippen molar-refractivity contribution in [1.29, 1.82) is 0 Å². The van der Waals surface area contributed by atoms with Gasteiger partial charge in [0.2, 0.25) is 5.88 Å². The highest BCUT2D eigenvalue weighted by Crippen LogP contribution is 2.30. The maximum atomic E-state index is 12.4. The Kier molecular flexibility index (Phi) is 4.74. The van der Waals surface area contributed by atoms with Crippen molar-refractivity contribution in [3.05, 3.63) is 96.1 Å². The molecule has 0 spiro atoms. The van der Waals surface area contributed by atoms with E-state index in [2.05, 4.69) is 4.98 Å². The summed E-state index contributed by atoms with van der Waals surface area (Å²) in [7, 11) is 0. The van der Waals surface area contributed by atoms with Crippen LogP contribution in [-0.4, -0.2) is 20.4 Å². The topological polar surface area (TPSA) is 92.2 Å². The van der Waals surface area contributed by atoms with E-state index >= 15 is 0 Å². The molecule has 2 aromatic carbocycles. The van der Waals surface area contributed by atoms with Crippen molar-refractivity contribution < 1.29 is 9.90 Å². The number of aromatic amines is 1. The number of carbonyl (C=O) groups excluding carboxylic acids is 1. The third kappa shape index (κ3) is 3.33. The lowest BCUT2D eigenvalue weighted by Gasteiger charge is -2.14. The van der Waals surface area contributed by atoms with E-state index in [0.717, 1.165) is 10.1 Å².